The highest BCUT2D eigenvalue weighted by atomic mass is 79.9. The number of halogens is 1. The standard InChI is InChI=1S/C15H18BrNO3/c1-10-11(4-2-6-13(10)16)8-14(18)17-7-3-5-12(9-17)15(19)20/h2,4,6,12H,3,5,7-9H2,1H3,(H,19,20). The van der Waals surface area contributed by atoms with Gasteiger partial charge in [-0.3, -0.25) is 9.59 Å². The van der Waals surface area contributed by atoms with Crippen molar-refractivity contribution in [3.63, 3.8) is 0 Å². The highest BCUT2D eigenvalue weighted by Crippen LogP contribution is 2.22. The first kappa shape index (κ1) is 15.0. The number of rotatable bonds is 3. The monoisotopic (exact) mass is 339 g/mol. The van der Waals surface area contributed by atoms with E-state index in [-0.39, 0.29) is 5.91 Å². The minimum absolute atomic E-state index is 0.0113. The molecule has 20 heavy (non-hydrogen) atoms. The average molecular weight is 340 g/mol. The normalized spacial score (nSPS) is 18.9. The molecule has 1 aromatic carbocycles. The fraction of sp³-hybridized carbons (Fsp3) is 0.467. The van der Waals surface area contributed by atoms with E-state index in [1.807, 2.05) is 25.1 Å². The van der Waals surface area contributed by atoms with E-state index in [1.54, 1.807) is 4.90 Å². The second kappa shape index (κ2) is 6.39. The summed E-state index contributed by atoms with van der Waals surface area (Å²) in [6.07, 6.45) is 1.76. The van der Waals surface area contributed by atoms with Crippen LogP contribution in [-0.2, 0) is 16.0 Å². The molecule has 108 valence electrons. The van der Waals surface area contributed by atoms with Gasteiger partial charge >= 0.3 is 5.97 Å². The Labute approximate surface area is 126 Å². The number of amides is 1. The van der Waals surface area contributed by atoms with E-state index in [1.165, 1.54) is 0 Å². The van der Waals surface area contributed by atoms with Crippen molar-refractivity contribution in [2.45, 2.75) is 26.2 Å². The minimum atomic E-state index is -0.805. The van der Waals surface area contributed by atoms with Gasteiger partial charge in [0.15, 0.2) is 0 Å². The van der Waals surface area contributed by atoms with Gasteiger partial charge in [-0.1, -0.05) is 28.1 Å². The molecule has 2 rings (SSSR count). The summed E-state index contributed by atoms with van der Waals surface area (Å²) in [6, 6.07) is 5.80. The molecule has 1 atom stereocenters. The Morgan fingerprint density at radius 3 is 2.90 bits per heavy atom. The number of carboxylic acid groups (broad SMARTS) is 1. The lowest BCUT2D eigenvalue weighted by molar-refractivity contribution is -0.145. The van der Waals surface area contributed by atoms with Crippen molar-refractivity contribution >= 4 is 27.8 Å². The fourth-order valence-electron chi connectivity index (χ4n) is 2.52. The lowest BCUT2D eigenvalue weighted by Crippen LogP contribution is -2.43. The summed E-state index contributed by atoms with van der Waals surface area (Å²) in [4.78, 5) is 25.0. The van der Waals surface area contributed by atoms with Crippen molar-refractivity contribution in [3.05, 3.63) is 33.8 Å². The van der Waals surface area contributed by atoms with Gasteiger partial charge in [0, 0.05) is 17.6 Å². The Kier molecular flexibility index (Phi) is 4.81. The summed E-state index contributed by atoms with van der Waals surface area (Å²) in [5, 5.41) is 9.06. The smallest absolute Gasteiger partial charge is 0.308 e. The van der Waals surface area contributed by atoms with E-state index in [0.29, 0.717) is 25.9 Å². The van der Waals surface area contributed by atoms with E-state index in [0.717, 1.165) is 22.0 Å². The zero-order valence-electron chi connectivity index (χ0n) is 11.4. The molecule has 5 heteroatoms. The summed E-state index contributed by atoms with van der Waals surface area (Å²) in [7, 11) is 0. The molecular formula is C15H18BrNO3. The molecule has 1 unspecified atom stereocenters. The van der Waals surface area contributed by atoms with Crippen LogP contribution < -0.4 is 0 Å². The Bertz CT molecular complexity index is 530. The number of likely N-dealkylation sites (tertiary alicyclic amines) is 1. The second-order valence-corrected chi connectivity index (χ2v) is 6.07. The van der Waals surface area contributed by atoms with Gasteiger partial charge in [-0.15, -0.1) is 0 Å². The van der Waals surface area contributed by atoms with Crippen LogP contribution in [0.15, 0.2) is 22.7 Å². The third kappa shape index (κ3) is 3.39. The third-order valence-corrected chi connectivity index (χ3v) is 4.70. The lowest BCUT2D eigenvalue weighted by atomic mass is 9.97. The maximum Gasteiger partial charge on any atom is 0.308 e. The Morgan fingerprint density at radius 1 is 1.45 bits per heavy atom. The van der Waals surface area contributed by atoms with Crippen LogP contribution in [0.25, 0.3) is 0 Å². The molecule has 0 aliphatic carbocycles. The van der Waals surface area contributed by atoms with E-state index in [4.69, 9.17) is 5.11 Å². The van der Waals surface area contributed by atoms with E-state index < -0.39 is 11.9 Å². The number of carbonyl (C=O) groups is 2. The number of hydrogen-bond donors (Lipinski definition) is 1. The maximum absolute atomic E-state index is 12.3. The summed E-state index contributed by atoms with van der Waals surface area (Å²) >= 11 is 3.46. The van der Waals surface area contributed by atoms with Crippen LogP contribution in [-0.4, -0.2) is 35.0 Å². The molecule has 0 bridgehead atoms. The predicted octanol–water partition coefficient (Wildman–Crippen LogP) is 2.62. The molecule has 1 amide bonds. The van der Waals surface area contributed by atoms with Crippen LogP contribution in [0.1, 0.15) is 24.0 Å². The molecule has 0 spiro atoms. The van der Waals surface area contributed by atoms with Crippen molar-refractivity contribution in [2.24, 2.45) is 5.92 Å². The van der Waals surface area contributed by atoms with E-state index in [9.17, 15) is 9.59 Å². The number of carboxylic acids is 1. The van der Waals surface area contributed by atoms with Crippen LogP contribution in [0, 0.1) is 12.8 Å². The van der Waals surface area contributed by atoms with Crippen LogP contribution in [0.5, 0.6) is 0 Å². The van der Waals surface area contributed by atoms with Crippen LogP contribution >= 0.6 is 15.9 Å². The molecule has 1 aromatic rings. The zero-order valence-corrected chi connectivity index (χ0v) is 13.0. The molecule has 1 saturated heterocycles. The molecule has 1 fully saturated rings. The van der Waals surface area contributed by atoms with Gasteiger partial charge in [-0.25, -0.2) is 0 Å². The molecule has 1 N–H and O–H groups in total. The molecule has 0 radical (unpaired) electrons. The molecule has 1 aliphatic rings. The van der Waals surface area contributed by atoms with Crippen LogP contribution in [0.3, 0.4) is 0 Å². The first-order valence-corrected chi connectivity index (χ1v) is 7.53. The molecular weight excluding hydrogens is 322 g/mol. The number of aliphatic carboxylic acids is 1. The Hall–Kier alpha value is -1.36. The average Bonchev–Trinajstić information content (AvgIpc) is 2.44. The Morgan fingerprint density at radius 2 is 2.20 bits per heavy atom. The SMILES string of the molecule is Cc1c(Br)cccc1CC(=O)N1CCCC(C(=O)O)C1. The number of hydrogen-bond acceptors (Lipinski definition) is 2. The first-order valence-electron chi connectivity index (χ1n) is 6.73. The molecule has 1 aliphatic heterocycles. The summed E-state index contributed by atoms with van der Waals surface area (Å²) in [5.74, 6) is -1.21. The summed E-state index contributed by atoms with van der Waals surface area (Å²) in [6.45, 7) is 2.97. The van der Waals surface area contributed by atoms with Crippen LogP contribution in [0.2, 0.25) is 0 Å². The van der Waals surface area contributed by atoms with Gasteiger partial charge < -0.3 is 10.0 Å². The molecule has 0 saturated carbocycles. The molecule has 4 nitrogen and oxygen atoms in total. The van der Waals surface area contributed by atoms with E-state index >= 15 is 0 Å². The van der Waals surface area contributed by atoms with Crippen molar-refractivity contribution < 1.29 is 14.7 Å². The van der Waals surface area contributed by atoms with E-state index in [2.05, 4.69) is 15.9 Å². The molecule has 1 heterocycles. The fourth-order valence-corrected chi connectivity index (χ4v) is 2.93. The lowest BCUT2D eigenvalue weighted by Gasteiger charge is -2.31. The van der Waals surface area contributed by atoms with Gasteiger partial charge in [0.1, 0.15) is 0 Å². The Balaban J connectivity index is 2.04. The maximum atomic E-state index is 12.3. The van der Waals surface area contributed by atoms with Gasteiger partial charge in [0.2, 0.25) is 5.91 Å². The van der Waals surface area contributed by atoms with Crippen molar-refractivity contribution in [1.82, 2.24) is 4.90 Å². The minimum Gasteiger partial charge on any atom is -0.481 e. The van der Waals surface area contributed by atoms with Crippen molar-refractivity contribution in [3.8, 4) is 0 Å². The second-order valence-electron chi connectivity index (χ2n) is 5.22. The predicted molar refractivity (Wildman–Crippen MR) is 79.5 cm³/mol. The van der Waals surface area contributed by atoms with Crippen molar-refractivity contribution in [1.29, 1.82) is 0 Å². The quantitative estimate of drug-likeness (QED) is 0.920. The van der Waals surface area contributed by atoms with Crippen molar-refractivity contribution in [2.75, 3.05) is 13.1 Å². The highest BCUT2D eigenvalue weighted by molar-refractivity contribution is 9.10. The zero-order chi connectivity index (χ0) is 14.7. The number of nitrogens with zero attached hydrogens (tertiary/aromatic N) is 1. The largest absolute Gasteiger partial charge is 0.481 e. The summed E-state index contributed by atoms with van der Waals surface area (Å²) < 4.78 is 0.991. The number of carbonyl (C=O) groups excluding carboxylic acids is 1. The van der Waals surface area contributed by atoms with Gasteiger partial charge in [0.05, 0.1) is 12.3 Å². The third-order valence-electron chi connectivity index (χ3n) is 3.84. The van der Waals surface area contributed by atoms with Gasteiger partial charge in [-0.05, 0) is 37.0 Å². The topological polar surface area (TPSA) is 57.6 Å². The molecule has 0 aromatic heterocycles. The van der Waals surface area contributed by atoms with Crippen LogP contribution in [0.4, 0.5) is 0 Å². The number of piperidine rings is 1. The first-order chi connectivity index (χ1) is 9.49. The summed E-state index contributed by atoms with van der Waals surface area (Å²) in [5.41, 5.74) is 2.05. The van der Waals surface area contributed by atoms with Gasteiger partial charge in [-0.2, -0.15) is 0 Å². The van der Waals surface area contributed by atoms with Gasteiger partial charge in [0.25, 0.3) is 0 Å². The highest BCUT2D eigenvalue weighted by Gasteiger charge is 2.28. The number of benzene rings is 1.